The maximum Gasteiger partial charge on any atom is 0.240 e. The number of nitrogens with zero attached hydrogens (tertiary/aromatic N) is 4. The molecule has 2 aromatic carbocycles. The van der Waals surface area contributed by atoms with Crippen LogP contribution >= 0.6 is 0 Å². The molecule has 4 rings (SSSR count). The highest BCUT2D eigenvalue weighted by atomic mass is 32.2. The number of sulfonamides is 1. The van der Waals surface area contributed by atoms with E-state index in [1.54, 1.807) is 16.8 Å². The Balaban J connectivity index is 1.28. The molecule has 11 heteroatoms. The molecule has 0 spiro atoms. The van der Waals surface area contributed by atoms with Crippen LogP contribution in [0.1, 0.15) is 31.7 Å². The number of nitrogens with one attached hydrogen (secondary N) is 2. The van der Waals surface area contributed by atoms with Crippen LogP contribution in [0.2, 0.25) is 0 Å². The zero-order chi connectivity index (χ0) is 21.8. The van der Waals surface area contributed by atoms with Crippen molar-refractivity contribution >= 4 is 21.6 Å². The number of rotatable bonds is 9. The fourth-order valence-electron chi connectivity index (χ4n) is 3.06. The number of benzene rings is 2. The number of tetrazole rings is 1. The second-order valence-electron chi connectivity index (χ2n) is 7.26. The molecule has 162 valence electrons. The number of halogens is 1. The van der Waals surface area contributed by atoms with Crippen LogP contribution in [0.5, 0.6) is 0 Å². The second-order valence-corrected chi connectivity index (χ2v) is 9.03. The van der Waals surface area contributed by atoms with Crippen LogP contribution in [0.15, 0.2) is 53.4 Å². The lowest BCUT2D eigenvalue weighted by molar-refractivity contribution is -0.116. The molecule has 1 heterocycles. The van der Waals surface area contributed by atoms with Gasteiger partial charge in [0.25, 0.3) is 0 Å². The quantitative estimate of drug-likeness (QED) is 0.490. The molecule has 1 aliphatic rings. The minimum absolute atomic E-state index is 0.0243. The third kappa shape index (κ3) is 5.30. The highest BCUT2D eigenvalue weighted by molar-refractivity contribution is 7.89. The first-order valence-corrected chi connectivity index (χ1v) is 11.3. The van der Waals surface area contributed by atoms with Crippen molar-refractivity contribution in [2.75, 3.05) is 11.9 Å². The van der Waals surface area contributed by atoms with Crippen molar-refractivity contribution in [2.45, 2.75) is 36.6 Å². The van der Waals surface area contributed by atoms with E-state index in [1.807, 2.05) is 12.1 Å². The maximum atomic E-state index is 12.9. The van der Waals surface area contributed by atoms with E-state index in [4.69, 9.17) is 0 Å². The second kappa shape index (κ2) is 8.90. The van der Waals surface area contributed by atoms with Crippen molar-refractivity contribution in [3.8, 4) is 11.4 Å². The van der Waals surface area contributed by atoms with Crippen LogP contribution in [0, 0.1) is 5.82 Å². The van der Waals surface area contributed by atoms with E-state index < -0.39 is 15.8 Å². The summed E-state index contributed by atoms with van der Waals surface area (Å²) in [4.78, 5) is 12.2. The van der Waals surface area contributed by atoms with Crippen molar-refractivity contribution < 1.29 is 17.6 Å². The van der Waals surface area contributed by atoms with Crippen LogP contribution < -0.4 is 10.0 Å². The molecule has 1 saturated carbocycles. The smallest absolute Gasteiger partial charge is 0.240 e. The summed E-state index contributed by atoms with van der Waals surface area (Å²) in [7, 11) is -3.74. The minimum atomic E-state index is -3.74. The van der Waals surface area contributed by atoms with Crippen LogP contribution in [0.3, 0.4) is 0 Å². The molecule has 1 amide bonds. The highest BCUT2D eigenvalue weighted by Crippen LogP contribution is 2.36. The Kier molecular flexibility index (Phi) is 6.05. The number of amides is 1. The zero-order valence-electron chi connectivity index (χ0n) is 16.5. The van der Waals surface area contributed by atoms with Gasteiger partial charge in [-0.2, -0.15) is 0 Å². The summed E-state index contributed by atoms with van der Waals surface area (Å²) in [6.45, 7) is 0.0866. The molecular weight excluding hydrogens is 423 g/mol. The fourth-order valence-corrected chi connectivity index (χ4v) is 4.13. The van der Waals surface area contributed by atoms with E-state index in [2.05, 4.69) is 25.6 Å². The van der Waals surface area contributed by atoms with Gasteiger partial charge in [0, 0.05) is 24.2 Å². The first-order valence-electron chi connectivity index (χ1n) is 9.86. The monoisotopic (exact) mass is 444 g/mol. The van der Waals surface area contributed by atoms with E-state index in [1.165, 1.54) is 12.1 Å². The van der Waals surface area contributed by atoms with Gasteiger partial charge in [0.1, 0.15) is 5.82 Å². The number of hydrogen-bond donors (Lipinski definition) is 2. The van der Waals surface area contributed by atoms with Gasteiger partial charge in [-0.05, 0) is 66.1 Å². The Bertz CT molecular complexity index is 1180. The van der Waals surface area contributed by atoms with Crippen molar-refractivity contribution in [1.82, 2.24) is 24.9 Å². The van der Waals surface area contributed by atoms with Gasteiger partial charge in [-0.1, -0.05) is 12.1 Å². The molecule has 31 heavy (non-hydrogen) atoms. The molecule has 1 fully saturated rings. The van der Waals surface area contributed by atoms with Gasteiger partial charge in [-0.15, -0.1) is 5.10 Å². The summed E-state index contributed by atoms with van der Waals surface area (Å²) in [5.74, 6) is -0.0857. The van der Waals surface area contributed by atoms with Gasteiger partial charge >= 0.3 is 0 Å². The average molecular weight is 444 g/mol. The standard InChI is InChI=1S/C20H21FN6O3S/c21-15-6-10-18(11-7-15)31(29,30)22-12-2-5-19(28)23-16-4-1-3-14(13-16)20-24-25-26-27(20)17-8-9-17/h1,3-4,6-7,10-11,13,17,22H,2,5,8-9,12H2,(H,23,28). The van der Waals surface area contributed by atoms with Crippen molar-refractivity contribution in [1.29, 1.82) is 0 Å². The van der Waals surface area contributed by atoms with Gasteiger partial charge in [-0.25, -0.2) is 22.2 Å². The summed E-state index contributed by atoms with van der Waals surface area (Å²) in [6.07, 6.45) is 2.56. The molecule has 0 saturated heterocycles. The first-order chi connectivity index (χ1) is 14.9. The number of anilines is 1. The Morgan fingerprint density at radius 2 is 1.94 bits per heavy atom. The third-order valence-corrected chi connectivity index (χ3v) is 6.26. The topological polar surface area (TPSA) is 119 Å². The third-order valence-electron chi connectivity index (χ3n) is 4.79. The summed E-state index contributed by atoms with van der Waals surface area (Å²) in [5.41, 5.74) is 1.42. The van der Waals surface area contributed by atoms with E-state index >= 15 is 0 Å². The number of aromatic nitrogens is 4. The molecule has 1 aromatic heterocycles. The maximum absolute atomic E-state index is 12.9. The van der Waals surface area contributed by atoms with Gasteiger partial charge in [0.15, 0.2) is 5.82 Å². The Morgan fingerprint density at radius 1 is 1.16 bits per heavy atom. The van der Waals surface area contributed by atoms with Gasteiger partial charge < -0.3 is 5.32 Å². The summed E-state index contributed by atoms with van der Waals surface area (Å²) in [6, 6.07) is 12.1. The molecule has 0 atom stereocenters. The Hall–Kier alpha value is -3.18. The molecule has 0 aliphatic heterocycles. The van der Waals surface area contributed by atoms with Crippen molar-refractivity contribution in [3.05, 3.63) is 54.3 Å². The molecule has 0 unspecified atom stereocenters. The number of carbonyl (C=O) groups excluding carboxylic acids is 1. The van der Waals surface area contributed by atoms with Crippen LogP contribution in [-0.2, 0) is 14.8 Å². The molecule has 1 aliphatic carbocycles. The Labute approximate surface area is 178 Å². The van der Waals surface area contributed by atoms with Crippen molar-refractivity contribution in [2.24, 2.45) is 0 Å². The first kappa shape index (κ1) is 21.1. The summed E-state index contributed by atoms with van der Waals surface area (Å²) >= 11 is 0. The summed E-state index contributed by atoms with van der Waals surface area (Å²) < 4.78 is 41.5. The van der Waals surface area contributed by atoms with E-state index in [0.29, 0.717) is 24.0 Å². The molecule has 0 radical (unpaired) electrons. The normalized spacial score (nSPS) is 13.8. The van der Waals surface area contributed by atoms with E-state index in [-0.39, 0.29) is 23.8 Å². The largest absolute Gasteiger partial charge is 0.326 e. The zero-order valence-corrected chi connectivity index (χ0v) is 17.3. The molecule has 2 N–H and O–H groups in total. The van der Waals surface area contributed by atoms with Crippen LogP contribution in [0.25, 0.3) is 11.4 Å². The van der Waals surface area contributed by atoms with Gasteiger partial charge in [-0.3, -0.25) is 4.79 Å². The molecular formula is C20H21FN6O3S. The number of hydrogen-bond acceptors (Lipinski definition) is 6. The highest BCUT2D eigenvalue weighted by Gasteiger charge is 2.28. The predicted molar refractivity (Wildman–Crippen MR) is 111 cm³/mol. The lowest BCUT2D eigenvalue weighted by Gasteiger charge is -2.09. The van der Waals surface area contributed by atoms with Gasteiger partial charge in [0.05, 0.1) is 10.9 Å². The van der Waals surface area contributed by atoms with E-state index in [0.717, 1.165) is 30.5 Å². The molecule has 0 bridgehead atoms. The lowest BCUT2D eigenvalue weighted by atomic mass is 10.2. The van der Waals surface area contributed by atoms with Crippen LogP contribution in [0.4, 0.5) is 10.1 Å². The Morgan fingerprint density at radius 3 is 2.68 bits per heavy atom. The predicted octanol–water partition coefficient (Wildman–Crippen LogP) is 2.51. The summed E-state index contributed by atoms with van der Waals surface area (Å²) in [5, 5.41) is 14.7. The van der Waals surface area contributed by atoms with Gasteiger partial charge in [0.2, 0.25) is 15.9 Å². The SMILES string of the molecule is O=C(CCCNS(=O)(=O)c1ccc(F)cc1)Nc1cccc(-c2nnnn2C2CC2)c1. The lowest BCUT2D eigenvalue weighted by Crippen LogP contribution is -2.25. The fraction of sp³-hybridized carbons (Fsp3) is 0.300. The van der Waals surface area contributed by atoms with E-state index in [9.17, 15) is 17.6 Å². The molecule has 9 nitrogen and oxygen atoms in total. The van der Waals surface area contributed by atoms with Crippen LogP contribution in [-0.4, -0.2) is 41.1 Å². The number of carbonyl (C=O) groups is 1. The molecule has 3 aromatic rings. The minimum Gasteiger partial charge on any atom is -0.326 e. The van der Waals surface area contributed by atoms with Crippen molar-refractivity contribution in [3.63, 3.8) is 0 Å². The average Bonchev–Trinajstić information content (AvgIpc) is 3.48.